The molecule has 2 heterocycles. The number of nitrogens with one attached hydrogen (secondary N) is 2. The smallest absolute Gasteiger partial charge is 0.231 e. The number of aryl methyl sites for hydroxylation is 1. The van der Waals surface area contributed by atoms with Crippen molar-refractivity contribution in [1.82, 2.24) is 15.2 Å². The van der Waals surface area contributed by atoms with Crippen molar-refractivity contribution in [2.24, 2.45) is 0 Å². The van der Waals surface area contributed by atoms with Gasteiger partial charge in [-0.1, -0.05) is 60.6 Å². The van der Waals surface area contributed by atoms with Crippen LogP contribution in [0.1, 0.15) is 48.4 Å². The van der Waals surface area contributed by atoms with Gasteiger partial charge in [0.1, 0.15) is 5.01 Å². The van der Waals surface area contributed by atoms with Crippen molar-refractivity contribution in [3.63, 3.8) is 0 Å². The Morgan fingerprint density at radius 3 is 2.87 bits per heavy atom. The average Bonchev–Trinajstić information content (AvgIpc) is 3.38. The second kappa shape index (κ2) is 10.4. The number of aromatic nitrogens is 3. The Morgan fingerprint density at radius 1 is 1.20 bits per heavy atom. The zero-order valence-corrected chi connectivity index (χ0v) is 19.3. The van der Waals surface area contributed by atoms with E-state index < -0.39 is 0 Å². The number of hydrogen-bond donors (Lipinski definition) is 2. The Balaban J connectivity index is 1.24. The SMILES string of the molecule is Cc1ccccc1NC(=O)Cc1nc(CSc2nnc(NC3CCCCC3)s2)cs1. The van der Waals surface area contributed by atoms with Crippen LogP contribution in [0.4, 0.5) is 10.8 Å². The van der Waals surface area contributed by atoms with Gasteiger partial charge in [-0.15, -0.1) is 21.5 Å². The van der Waals surface area contributed by atoms with E-state index in [2.05, 4.69) is 25.8 Å². The highest BCUT2D eigenvalue weighted by atomic mass is 32.2. The number of hydrogen-bond acceptors (Lipinski definition) is 8. The molecule has 3 aromatic rings. The zero-order valence-electron chi connectivity index (χ0n) is 16.9. The second-order valence-electron chi connectivity index (χ2n) is 7.41. The lowest BCUT2D eigenvalue weighted by atomic mass is 9.96. The lowest BCUT2D eigenvalue weighted by molar-refractivity contribution is -0.115. The Bertz CT molecular complexity index is 980. The van der Waals surface area contributed by atoms with Crippen LogP contribution in [0.3, 0.4) is 0 Å². The van der Waals surface area contributed by atoms with E-state index in [9.17, 15) is 4.79 Å². The minimum Gasteiger partial charge on any atom is -0.357 e. The Kier molecular flexibility index (Phi) is 7.35. The fourth-order valence-electron chi connectivity index (χ4n) is 3.42. The van der Waals surface area contributed by atoms with E-state index in [1.807, 2.05) is 36.6 Å². The summed E-state index contributed by atoms with van der Waals surface area (Å²) in [6.45, 7) is 1.98. The molecule has 0 bridgehead atoms. The second-order valence-corrected chi connectivity index (χ2v) is 10.6. The highest BCUT2D eigenvalue weighted by molar-refractivity contribution is 8.00. The molecule has 9 heteroatoms. The molecule has 2 aromatic heterocycles. The third-order valence-electron chi connectivity index (χ3n) is 5.01. The van der Waals surface area contributed by atoms with Crippen molar-refractivity contribution in [1.29, 1.82) is 0 Å². The summed E-state index contributed by atoms with van der Waals surface area (Å²) in [5, 5.41) is 18.8. The monoisotopic (exact) mass is 459 g/mol. The van der Waals surface area contributed by atoms with Crippen LogP contribution in [-0.4, -0.2) is 27.1 Å². The number of carbonyl (C=O) groups excluding carboxylic acids is 1. The number of carbonyl (C=O) groups is 1. The standard InChI is InChI=1S/C21H25N5OS3/c1-14-7-5-6-10-17(14)24-18(27)11-19-22-16(12-28-19)13-29-21-26-25-20(30-21)23-15-8-3-2-4-9-15/h5-7,10,12,15H,2-4,8-9,11,13H2,1H3,(H,23,25)(H,24,27). The summed E-state index contributed by atoms with van der Waals surface area (Å²) >= 11 is 4.77. The van der Waals surface area contributed by atoms with Crippen molar-refractivity contribution >= 4 is 51.2 Å². The van der Waals surface area contributed by atoms with Gasteiger partial charge in [0.15, 0.2) is 4.34 Å². The first-order valence-electron chi connectivity index (χ1n) is 10.2. The number of anilines is 2. The summed E-state index contributed by atoms with van der Waals surface area (Å²) in [5.41, 5.74) is 2.88. The van der Waals surface area contributed by atoms with Gasteiger partial charge in [-0.2, -0.15) is 0 Å². The molecule has 158 valence electrons. The van der Waals surface area contributed by atoms with E-state index in [4.69, 9.17) is 0 Å². The van der Waals surface area contributed by atoms with Crippen LogP contribution >= 0.6 is 34.4 Å². The van der Waals surface area contributed by atoms with E-state index in [0.717, 1.165) is 37.2 Å². The van der Waals surface area contributed by atoms with E-state index in [1.54, 1.807) is 23.1 Å². The molecular formula is C21H25N5OS3. The van der Waals surface area contributed by atoms with Crippen molar-refractivity contribution in [3.8, 4) is 0 Å². The number of thioether (sulfide) groups is 1. The molecule has 6 nitrogen and oxygen atoms in total. The zero-order chi connectivity index (χ0) is 20.8. The summed E-state index contributed by atoms with van der Waals surface area (Å²) < 4.78 is 0.945. The van der Waals surface area contributed by atoms with E-state index in [1.165, 1.54) is 43.4 Å². The Morgan fingerprint density at radius 2 is 2.03 bits per heavy atom. The molecule has 4 rings (SSSR count). The van der Waals surface area contributed by atoms with Gasteiger partial charge in [0, 0.05) is 22.9 Å². The van der Waals surface area contributed by atoms with E-state index in [-0.39, 0.29) is 12.3 Å². The van der Waals surface area contributed by atoms with Crippen molar-refractivity contribution in [2.45, 2.75) is 61.6 Å². The van der Waals surface area contributed by atoms with Crippen molar-refractivity contribution in [2.75, 3.05) is 10.6 Å². The number of para-hydroxylation sites is 1. The maximum Gasteiger partial charge on any atom is 0.231 e. The van der Waals surface area contributed by atoms with Crippen LogP contribution in [0.15, 0.2) is 34.0 Å². The first-order valence-corrected chi connectivity index (χ1v) is 12.9. The van der Waals surface area contributed by atoms with Crippen molar-refractivity contribution in [3.05, 3.63) is 45.9 Å². The quantitative estimate of drug-likeness (QED) is 0.432. The van der Waals surface area contributed by atoms with Crippen LogP contribution < -0.4 is 10.6 Å². The predicted molar refractivity (Wildman–Crippen MR) is 126 cm³/mol. The minimum absolute atomic E-state index is 0.0413. The lowest BCUT2D eigenvalue weighted by Gasteiger charge is -2.21. The van der Waals surface area contributed by atoms with Crippen LogP contribution in [0.2, 0.25) is 0 Å². The number of rotatable bonds is 8. The van der Waals surface area contributed by atoms with Crippen LogP contribution in [0.5, 0.6) is 0 Å². The fourth-order valence-corrected chi connectivity index (χ4v) is 6.04. The molecule has 0 aliphatic heterocycles. The highest BCUT2D eigenvalue weighted by Crippen LogP contribution is 2.30. The molecule has 0 radical (unpaired) electrons. The fraction of sp³-hybridized carbons (Fsp3) is 0.429. The van der Waals surface area contributed by atoms with E-state index in [0.29, 0.717) is 6.04 Å². The molecule has 1 amide bonds. The molecule has 0 saturated heterocycles. The van der Waals surface area contributed by atoms with Gasteiger partial charge in [-0.25, -0.2) is 4.98 Å². The first-order chi connectivity index (χ1) is 14.7. The molecule has 1 aliphatic rings. The average molecular weight is 460 g/mol. The normalized spacial score (nSPS) is 14.6. The van der Waals surface area contributed by atoms with Crippen molar-refractivity contribution < 1.29 is 4.79 Å². The molecule has 2 N–H and O–H groups in total. The molecule has 0 atom stereocenters. The van der Waals surface area contributed by atoms with E-state index >= 15 is 0 Å². The first kappa shape index (κ1) is 21.3. The van der Waals surface area contributed by atoms with Gasteiger partial charge >= 0.3 is 0 Å². The van der Waals surface area contributed by atoms with Gasteiger partial charge in [0.25, 0.3) is 0 Å². The number of thiazole rings is 1. The third kappa shape index (κ3) is 6.02. The molecule has 0 unspecified atom stereocenters. The van der Waals surface area contributed by atoms with Gasteiger partial charge in [0.05, 0.1) is 12.1 Å². The lowest BCUT2D eigenvalue weighted by Crippen LogP contribution is -2.21. The summed E-state index contributed by atoms with van der Waals surface area (Å²) in [6.07, 6.45) is 6.68. The van der Waals surface area contributed by atoms with Crippen LogP contribution in [-0.2, 0) is 17.0 Å². The largest absolute Gasteiger partial charge is 0.357 e. The summed E-state index contributed by atoms with van der Waals surface area (Å²) in [5.74, 6) is 0.689. The maximum absolute atomic E-state index is 12.3. The van der Waals surface area contributed by atoms with Crippen LogP contribution in [0, 0.1) is 6.92 Å². The molecule has 30 heavy (non-hydrogen) atoms. The number of amides is 1. The summed E-state index contributed by atoms with van der Waals surface area (Å²) in [6, 6.07) is 8.32. The molecule has 1 fully saturated rings. The highest BCUT2D eigenvalue weighted by Gasteiger charge is 2.16. The minimum atomic E-state index is -0.0413. The van der Waals surface area contributed by atoms with Gasteiger partial charge in [0.2, 0.25) is 11.0 Å². The summed E-state index contributed by atoms with van der Waals surface area (Å²) in [7, 11) is 0. The molecule has 0 spiro atoms. The van der Waals surface area contributed by atoms with Gasteiger partial charge < -0.3 is 10.6 Å². The maximum atomic E-state index is 12.3. The summed E-state index contributed by atoms with van der Waals surface area (Å²) in [4.78, 5) is 16.9. The van der Waals surface area contributed by atoms with Gasteiger partial charge in [-0.3, -0.25) is 4.79 Å². The van der Waals surface area contributed by atoms with Gasteiger partial charge in [-0.05, 0) is 31.4 Å². The Labute approximate surface area is 188 Å². The third-order valence-corrected chi connectivity index (χ3v) is 7.93. The molecule has 1 aliphatic carbocycles. The number of benzene rings is 1. The number of nitrogens with zero attached hydrogens (tertiary/aromatic N) is 3. The predicted octanol–water partition coefficient (Wildman–Crippen LogP) is 5.52. The molecule has 1 aromatic carbocycles. The molecular weight excluding hydrogens is 434 g/mol. The molecule has 1 saturated carbocycles. The topological polar surface area (TPSA) is 79.8 Å². The Hall–Kier alpha value is -1.97. The van der Waals surface area contributed by atoms with Crippen LogP contribution in [0.25, 0.3) is 0 Å².